The molecule has 3 fully saturated rings. The first-order chi connectivity index (χ1) is 11.7. The average Bonchev–Trinajstić information content (AvgIpc) is 3.04. The number of morpholine rings is 1. The zero-order valence-electron chi connectivity index (χ0n) is 14.1. The highest BCUT2D eigenvalue weighted by Crippen LogP contribution is 2.52. The number of carbonyl (C=O) groups excluding carboxylic acids is 1. The molecule has 4 heteroatoms. The molecule has 0 spiro atoms. The Hall–Kier alpha value is -1.65. The molecule has 1 aromatic rings. The number of ether oxygens (including phenoxy) is 2. The molecule has 0 N–H and O–H groups in total. The molecule has 2 unspecified atom stereocenters. The van der Waals surface area contributed by atoms with Crippen LogP contribution in [0, 0.1) is 11.3 Å². The third-order valence-electron chi connectivity index (χ3n) is 5.72. The van der Waals surface area contributed by atoms with Crippen LogP contribution in [0.5, 0.6) is 0 Å². The molecule has 2 heterocycles. The molecule has 0 amide bonds. The van der Waals surface area contributed by atoms with E-state index in [2.05, 4.69) is 35.7 Å². The van der Waals surface area contributed by atoms with Crippen LogP contribution in [0.1, 0.15) is 24.0 Å². The van der Waals surface area contributed by atoms with Crippen molar-refractivity contribution in [3.8, 4) is 0 Å². The van der Waals surface area contributed by atoms with Crippen molar-refractivity contribution in [3.63, 3.8) is 0 Å². The highest BCUT2D eigenvalue weighted by Gasteiger charge is 2.55. The predicted molar refractivity (Wildman–Crippen MR) is 91.5 cm³/mol. The Morgan fingerprint density at radius 1 is 1.25 bits per heavy atom. The molecule has 1 aromatic carbocycles. The van der Waals surface area contributed by atoms with E-state index < -0.39 is 0 Å². The van der Waals surface area contributed by atoms with Crippen molar-refractivity contribution in [2.45, 2.75) is 25.8 Å². The number of rotatable bonds is 4. The monoisotopic (exact) mass is 327 g/mol. The molecule has 4 rings (SSSR count). The third-order valence-corrected chi connectivity index (χ3v) is 5.72. The Labute approximate surface area is 143 Å². The smallest absolute Gasteiger partial charge is 0.313 e. The second-order valence-electron chi connectivity index (χ2n) is 7.47. The van der Waals surface area contributed by atoms with Crippen LogP contribution in [0.4, 0.5) is 0 Å². The average molecular weight is 327 g/mol. The Balaban J connectivity index is 1.51. The van der Waals surface area contributed by atoms with Gasteiger partial charge in [-0.2, -0.15) is 0 Å². The van der Waals surface area contributed by atoms with Crippen LogP contribution in [0.15, 0.2) is 36.4 Å². The molecule has 0 bridgehead atoms. The van der Waals surface area contributed by atoms with Crippen molar-refractivity contribution in [2.75, 3.05) is 32.9 Å². The zero-order chi connectivity index (χ0) is 16.6. The van der Waals surface area contributed by atoms with E-state index in [1.54, 1.807) is 0 Å². The lowest BCUT2D eigenvalue weighted by Gasteiger charge is -2.27. The molecule has 0 radical (unpaired) electrons. The van der Waals surface area contributed by atoms with E-state index in [1.807, 2.05) is 0 Å². The van der Waals surface area contributed by atoms with E-state index in [1.165, 1.54) is 16.7 Å². The van der Waals surface area contributed by atoms with E-state index >= 15 is 0 Å². The predicted octanol–water partition coefficient (Wildman–Crippen LogP) is 2.57. The van der Waals surface area contributed by atoms with Gasteiger partial charge in [-0.15, -0.1) is 0 Å². The lowest BCUT2D eigenvalue weighted by Crippen LogP contribution is -2.35. The largest absolute Gasteiger partial charge is 0.465 e. The molecule has 4 nitrogen and oxygen atoms in total. The van der Waals surface area contributed by atoms with Crippen LogP contribution in [0.25, 0.3) is 0 Å². The maximum atomic E-state index is 12.4. The number of esters is 1. The van der Waals surface area contributed by atoms with Crippen LogP contribution in [0.3, 0.4) is 0 Å². The van der Waals surface area contributed by atoms with Gasteiger partial charge in [0, 0.05) is 25.6 Å². The summed E-state index contributed by atoms with van der Waals surface area (Å²) in [5.41, 5.74) is 3.38. The van der Waals surface area contributed by atoms with E-state index in [0.29, 0.717) is 12.5 Å². The first kappa shape index (κ1) is 15.9. The van der Waals surface area contributed by atoms with Crippen LogP contribution in [-0.4, -0.2) is 43.8 Å². The molecule has 2 atom stereocenters. The quantitative estimate of drug-likeness (QED) is 0.629. The fourth-order valence-corrected chi connectivity index (χ4v) is 4.48. The molecule has 1 saturated carbocycles. The third kappa shape index (κ3) is 2.89. The van der Waals surface area contributed by atoms with Gasteiger partial charge in [0.1, 0.15) is 0 Å². The van der Waals surface area contributed by atoms with Crippen molar-refractivity contribution < 1.29 is 14.3 Å². The molecule has 2 saturated heterocycles. The molecule has 0 aromatic heterocycles. The highest BCUT2D eigenvalue weighted by molar-refractivity contribution is 5.81. The van der Waals surface area contributed by atoms with Crippen LogP contribution in [-0.2, 0) is 27.2 Å². The lowest BCUT2D eigenvalue weighted by molar-refractivity contribution is -0.146. The first-order valence-corrected chi connectivity index (χ1v) is 8.87. The Morgan fingerprint density at radius 3 is 2.88 bits per heavy atom. The van der Waals surface area contributed by atoms with Gasteiger partial charge in [-0.25, -0.2) is 0 Å². The summed E-state index contributed by atoms with van der Waals surface area (Å²) in [6.45, 7) is 9.25. The Bertz CT molecular complexity index is 650. The van der Waals surface area contributed by atoms with E-state index in [9.17, 15) is 4.79 Å². The Morgan fingerprint density at radius 2 is 2.04 bits per heavy atom. The summed E-state index contributed by atoms with van der Waals surface area (Å²) in [4.78, 5) is 14.9. The van der Waals surface area contributed by atoms with Crippen molar-refractivity contribution in [1.29, 1.82) is 0 Å². The number of nitrogens with zero attached hydrogens (tertiary/aromatic N) is 1. The van der Waals surface area contributed by atoms with E-state index in [0.717, 1.165) is 52.1 Å². The maximum absolute atomic E-state index is 12.4. The van der Waals surface area contributed by atoms with Gasteiger partial charge in [0.25, 0.3) is 0 Å². The zero-order valence-corrected chi connectivity index (χ0v) is 14.1. The molecule has 128 valence electrons. The summed E-state index contributed by atoms with van der Waals surface area (Å²) < 4.78 is 10.8. The fourth-order valence-electron chi connectivity index (χ4n) is 4.48. The molecule has 1 aliphatic carbocycles. The fraction of sp³-hybridized carbons (Fsp3) is 0.550. The van der Waals surface area contributed by atoms with Gasteiger partial charge < -0.3 is 9.47 Å². The van der Waals surface area contributed by atoms with E-state index in [4.69, 9.17) is 9.47 Å². The SMILES string of the molecule is C=C1CC2COC(=O)C2(Cc2cccc(CN3CCOCC3)c2)C1. The summed E-state index contributed by atoms with van der Waals surface area (Å²) in [5, 5.41) is 0. The van der Waals surface area contributed by atoms with Crippen LogP contribution >= 0.6 is 0 Å². The van der Waals surface area contributed by atoms with Crippen molar-refractivity contribution in [1.82, 2.24) is 4.90 Å². The van der Waals surface area contributed by atoms with Crippen molar-refractivity contribution >= 4 is 5.97 Å². The van der Waals surface area contributed by atoms with Gasteiger partial charge in [-0.3, -0.25) is 9.69 Å². The minimum Gasteiger partial charge on any atom is -0.465 e. The van der Waals surface area contributed by atoms with Gasteiger partial charge in [-0.1, -0.05) is 36.4 Å². The maximum Gasteiger partial charge on any atom is 0.313 e. The summed E-state index contributed by atoms with van der Waals surface area (Å²) in [6.07, 6.45) is 2.48. The number of cyclic esters (lactones) is 1. The van der Waals surface area contributed by atoms with Crippen molar-refractivity contribution in [2.24, 2.45) is 11.3 Å². The van der Waals surface area contributed by atoms with Gasteiger partial charge >= 0.3 is 5.97 Å². The summed E-state index contributed by atoms with van der Waals surface area (Å²) >= 11 is 0. The molecular weight excluding hydrogens is 302 g/mol. The van der Waals surface area contributed by atoms with Gasteiger partial charge in [-0.05, 0) is 30.4 Å². The standard InChI is InChI=1S/C20H25NO3/c1-15-9-18-14-24-19(22)20(18,11-15)12-16-3-2-4-17(10-16)13-21-5-7-23-8-6-21/h2-4,10,18H,1,5-9,11-14H2. The number of hydrogen-bond acceptors (Lipinski definition) is 4. The topological polar surface area (TPSA) is 38.8 Å². The van der Waals surface area contributed by atoms with Gasteiger partial charge in [0.15, 0.2) is 0 Å². The minimum atomic E-state index is -0.366. The molecule has 2 aliphatic heterocycles. The van der Waals surface area contributed by atoms with Gasteiger partial charge in [0.05, 0.1) is 25.2 Å². The first-order valence-electron chi connectivity index (χ1n) is 8.87. The summed E-state index contributed by atoms with van der Waals surface area (Å²) in [5.74, 6) is 0.283. The molecule has 3 aliphatic rings. The minimum absolute atomic E-state index is 0.0234. The van der Waals surface area contributed by atoms with Gasteiger partial charge in [0.2, 0.25) is 0 Å². The molecular formula is C20H25NO3. The van der Waals surface area contributed by atoms with Crippen molar-refractivity contribution in [3.05, 3.63) is 47.5 Å². The summed E-state index contributed by atoms with van der Waals surface area (Å²) in [6, 6.07) is 8.69. The second kappa shape index (κ2) is 6.34. The van der Waals surface area contributed by atoms with Crippen LogP contribution < -0.4 is 0 Å². The second-order valence-corrected chi connectivity index (χ2v) is 7.47. The number of fused-ring (bicyclic) bond motifs is 1. The number of benzene rings is 1. The summed E-state index contributed by atoms with van der Waals surface area (Å²) in [7, 11) is 0. The number of hydrogen-bond donors (Lipinski definition) is 0. The van der Waals surface area contributed by atoms with Crippen LogP contribution in [0.2, 0.25) is 0 Å². The van der Waals surface area contributed by atoms with E-state index in [-0.39, 0.29) is 11.4 Å². The number of allylic oxidation sites excluding steroid dienone is 1. The Kier molecular flexibility index (Phi) is 4.19. The molecule has 24 heavy (non-hydrogen) atoms. The lowest BCUT2D eigenvalue weighted by atomic mass is 9.75. The highest BCUT2D eigenvalue weighted by atomic mass is 16.5. The normalized spacial score (nSPS) is 30.4. The number of carbonyl (C=O) groups is 1.